The topological polar surface area (TPSA) is 72.1 Å². The Hall–Kier alpha value is -1.95. The van der Waals surface area contributed by atoms with Crippen molar-refractivity contribution in [2.75, 3.05) is 12.3 Å². The molecule has 3 heterocycles. The lowest BCUT2D eigenvalue weighted by molar-refractivity contribution is -0.132. The van der Waals surface area contributed by atoms with Crippen LogP contribution < -0.4 is 5.73 Å². The van der Waals surface area contributed by atoms with Gasteiger partial charge < -0.3 is 10.6 Å². The molecule has 0 radical (unpaired) electrons. The number of nitrogens with two attached hydrogens (primary N) is 1. The van der Waals surface area contributed by atoms with Crippen LogP contribution >= 0.6 is 11.3 Å². The number of aryl methyl sites for hydroxylation is 2. The number of aromatic nitrogens is 2. The zero-order valence-electron chi connectivity index (χ0n) is 12.0. The van der Waals surface area contributed by atoms with Crippen molar-refractivity contribution in [3.63, 3.8) is 0 Å². The molecule has 0 bridgehead atoms. The molecule has 0 saturated heterocycles. The van der Waals surface area contributed by atoms with E-state index in [1.54, 1.807) is 17.5 Å². The second-order valence-electron chi connectivity index (χ2n) is 5.29. The standard InChI is InChI=1S/C15H18N4OS/c1-10-5-7-21-13(10)2-3-14(20)19-6-4-11-8-17-15(16)18-12(11)9-19/h5,7-8H,2-4,6,9H2,1H3,(H2,16,17,18). The molecule has 5 nitrogen and oxygen atoms in total. The molecular weight excluding hydrogens is 284 g/mol. The summed E-state index contributed by atoms with van der Waals surface area (Å²) in [6.45, 7) is 3.37. The van der Waals surface area contributed by atoms with Gasteiger partial charge >= 0.3 is 0 Å². The number of hydrogen-bond acceptors (Lipinski definition) is 5. The van der Waals surface area contributed by atoms with E-state index in [4.69, 9.17) is 5.73 Å². The highest BCUT2D eigenvalue weighted by Gasteiger charge is 2.22. The molecule has 0 unspecified atom stereocenters. The molecule has 1 aliphatic rings. The van der Waals surface area contributed by atoms with Crippen molar-refractivity contribution in [2.45, 2.75) is 32.7 Å². The van der Waals surface area contributed by atoms with Gasteiger partial charge in [-0.1, -0.05) is 0 Å². The molecular formula is C15H18N4OS. The predicted molar refractivity (Wildman–Crippen MR) is 82.9 cm³/mol. The Balaban J connectivity index is 1.63. The third kappa shape index (κ3) is 3.05. The number of rotatable bonds is 3. The fraction of sp³-hybridized carbons (Fsp3) is 0.400. The molecule has 110 valence electrons. The van der Waals surface area contributed by atoms with Gasteiger partial charge in [0, 0.05) is 24.0 Å². The molecule has 2 N–H and O–H groups in total. The number of nitrogen functional groups attached to an aromatic ring is 1. The van der Waals surface area contributed by atoms with Crippen molar-refractivity contribution in [3.05, 3.63) is 39.3 Å². The minimum atomic E-state index is 0.186. The van der Waals surface area contributed by atoms with E-state index in [2.05, 4.69) is 28.3 Å². The molecule has 0 saturated carbocycles. The summed E-state index contributed by atoms with van der Waals surface area (Å²) in [6.07, 6.45) is 3.95. The summed E-state index contributed by atoms with van der Waals surface area (Å²) >= 11 is 1.72. The van der Waals surface area contributed by atoms with Crippen LogP contribution in [0.2, 0.25) is 0 Å². The SMILES string of the molecule is Cc1ccsc1CCC(=O)N1CCc2cnc(N)nc2C1. The molecule has 0 spiro atoms. The third-order valence-electron chi connectivity index (χ3n) is 3.85. The van der Waals surface area contributed by atoms with Crippen LogP contribution in [0.15, 0.2) is 17.6 Å². The van der Waals surface area contributed by atoms with Gasteiger partial charge in [0.15, 0.2) is 0 Å². The molecule has 0 aliphatic carbocycles. The van der Waals surface area contributed by atoms with E-state index in [1.165, 1.54) is 10.4 Å². The second-order valence-corrected chi connectivity index (χ2v) is 6.29. The number of carbonyl (C=O) groups is 1. The third-order valence-corrected chi connectivity index (χ3v) is 4.93. The van der Waals surface area contributed by atoms with Crippen molar-refractivity contribution < 1.29 is 4.79 Å². The number of amides is 1. The van der Waals surface area contributed by atoms with E-state index in [1.807, 2.05) is 4.90 Å². The Kier molecular flexibility index (Phi) is 3.88. The zero-order valence-corrected chi connectivity index (χ0v) is 12.8. The van der Waals surface area contributed by atoms with Gasteiger partial charge in [0.1, 0.15) is 0 Å². The van der Waals surface area contributed by atoms with E-state index >= 15 is 0 Å². The van der Waals surface area contributed by atoms with E-state index in [-0.39, 0.29) is 11.9 Å². The minimum absolute atomic E-state index is 0.186. The molecule has 6 heteroatoms. The average Bonchev–Trinajstić information content (AvgIpc) is 2.89. The number of hydrogen-bond donors (Lipinski definition) is 1. The summed E-state index contributed by atoms with van der Waals surface area (Å²) in [4.78, 5) is 23.8. The lowest BCUT2D eigenvalue weighted by Crippen LogP contribution is -2.36. The largest absolute Gasteiger partial charge is 0.368 e. The maximum atomic E-state index is 12.4. The molecule has 1 amide bonds. The first-order valence-electron chi connectivity index (χ1n) is 7.04. The molecule has 2 aromatic heterocycles. The van der Waals surface area contributed by atoms with Crippen molar-refractivity contribution in [3.8, 4) is 0 Å². The number of thiophene rings is 1. The monoisotopic (exact) mass is 302 g/mol. The van der Waals surface area contributed by atoms with Gasteiger partial charge in [0.2, 0.25) is 11.9 Å². The van der Waals surface area contributed by atoms with Crippen LogP contribution in [-0.4, -0.2) is 27.3 Å². The first kappa shape index (κ1) is 14.0. The van der Waals surface area contributed by atoms with Crippen LogP contribution in [-0.2, 0) is 24.2 Å². The summed E-state index contributed by atoms with van der Waals surface area (Å²) in [7, 11) is 0. The molecule has 0 atom stereocenters. The fourth-order valence-corrected chi connectivity index (χ4v) is 3.48. The average molecular weight is 302 g/mol. The number of anilines is 1. The lowest BCUT2D eigenvalue weighted by atomic mass is 10.1. The van der Waals surface area contributed by atoms with Crippen LogP contribution in [0.25, 0.3) is 0 Å². The highest BCUT2D eigenvalue weighted by atomic mass is 32.1. The van der Waals surface area contributed by atoms with Crippen LogP contribution in [0.1, 0.15) is 28.1 Å². The highest BCUT2D eigenvalue weighted by molar-refractivity contribution is 7.10. The maximum Gasteiger partial charge on any atom is 0.223 e. The summed E-state index contributed by atoms with van der Waals surface area (Å²) in [6, 6.07) is 2.10. The summed E-state index contributed by atoms with van der Waals surface area (Å²) in [5.41, 5.74) is 8.88. The van der Waals surface area contributed by atoms with Gasteiger partial charge in [-0.25, -0.2) is 9.97 Å². The fourth-order valence-electron chi connectivity index (χ4n) is 2.57. The van der Waals surface area contributed by atoms with Crippen molar-refractivity contribution in [1.29, 1.82) is 0 Å². The van der Waals surface area contributed by atoms with Crippen LogP contribution in [0.5, 0.6) is 0 Å². The Morgan fingerprint density at radius 3 is 3.14 bits per heavy atom. The molecule has 0 fully saturated rings. The minimum Gasteiger partial charge on any atom is -0.368 e. The first-order chi connectivity index (χ1) is 10.1. The summed E-state index contributed by atoms with van der Waals surface area (Å²) in [5.74, 6) is 0.461. The Morgan fingerprint density at radius 1 is 1.52 bits per heavy atom. The number of fused-ring (bicyclic) bond motifs is 1. The lowest BCUT2D eigenvalue weighted by Gasteiger charge is -2.28. The van der Waals surface area contributed by atoms with Gasteiger partial charge in [-0.3, -0.25) is 4.79 Å². The normalized spacial score (nSPS) is 14.0. The van der Waals surface area contributed by atoms with E-state index < -0.39 is 0 Å². The van der Waals surface area contributed by atoms with E-state index in [0.29, 0.717) is 13.0 Å². The molecule has 2 aromatic rings. The van der Waals surface area contributed by atoms with Crippen molar-refractivity contribution in [2.24, 2.45) is 0 Å². The molecule has 3 rings (SSSR count). The van der Waals surface area contributed by atoms with Crippen LogP contribution in [0, 0.1) is 6.92 Å². The van der Waals surface area contributed by atoms with Gasteiger partial charge in [-0.2, -0.15) is 0 Å². The highest BCUT2D eigenvalue weighted by Crippen LogP contribution is 2.20. The molecule has 0 aromatic carbocycles. The molecule has 21 heavy (non-hydrogen) atoms. The first-order valence-corrected chi connectivity index (χ1v) is 7.92. The van der Waals surface area contributed by atoms with Crippen LogP contribution in [0.4, 0.5) is 5.95 Å². The summed E-state index contributed by atoms with van der Waals surface area (Å²) in [5, 5.41) is 2.08. The summed E-state index contributed by atoms with van der Waals surface area (Å²) < 4.78 is 0. The Morgan fingerprint density at radius 2 is 2.38 bits per heavy atom. The van der Waals surface area contributed by atoms with Gasteiger partial charge in [0.05, 0.1) is 12.2 Å². The zero-order chi connectivity index (χ0) is 14.8. The second kappa shape index (κ2) is 5.81. The molecule has 1 aliphatic heterocycles. The van der Waals surface area contributed by atoms with Gasteiger partial charge in [0.25, 0.3) is 0 Å². The van der Waals surface area contributed by atoms with Crippen molar-refractivity contribution in [1.82, 2.24) is 14.9 Å². The van der Waals surface area contributed by atoms with Gasteiger partial charge in [-0.05, 0) is 42.3 Å². The maximum absolute atomic E-state index is 12.4. The number of carbonyl (C=O) groups excluding carboxylic acids is 1. The van der Waals surface area contributed by atoms with E-state index in [0.717, 1.165) is 30.6 Å². The quantitative estimate of drug-likeness (QED) is 0.940. The Labute approximate surface area is 127 Å². The van der Waals surface area contributed by atoms with E-state index in [9.17, 15) is 4.79 Å². The van der Waals surface area contributed by atoms with Gasteiger partial charge in [-0.15, -0.1) is 11.3 Å². The number of nitrogens with zero attached hydrogens (tertiary/aromatic N) is 3. The van der Waals surface area contributed by atoms with Crippen LogP contribution in [0.3, 0.4) is 0 Å². The van der Waals surface area contributed by atoms with Crippen molar-refractivity contribution >= 4 is 23.2 Å². The predicted octanol–water partition coefficient (Wildman–Crippen LogP) is 1.95. The smallest absolute Gasteiger partial charge is 0.223 e. The Bertz CT molecular complexity index is 667.